The van der Waals surface area contributed by atoms with E-state index in [1.807, 2.05) is 20.8 Å². The van der Waals surface area contributed by atoms with Crippen LogP contribution in [0.3, 0.4) is 0 Å². The van der Waals surface area contributed by atoms with Gasteiger partial charge in [-0.15, -0.1) is 0 Å². The third-order valence-electron chi connectivity index (χ3n) is 4.41. The highest BCUT2D eigenvalue weighted by Gasteiger charge is 2.20. The maximum Gasteiger partial charge on any atom is 0.315 e. The molecule has 1 aromatic rings. The highest BCUT2D eigenvalue weighted by molar-refractivity contribution is 5.74. The van der Waals surface area contributed by atoms with Gasteiger partial charge < -0.3 is 20.4 Å². The molecule has 0 saturated carbocycles. The van der Waals surface area contributed by atoms with Crippen molar-refractivity contribution in [3.63, 3.8) is 0 Å². The van der Waals surface area contributed by atoms with Crippen molar-refractivity contribution in [2.24, 2.45) is 0 Å². The Morgan fingerprint density at radius 1 is 1.33 bits per heavy atom. The average molecular weight is 332 g/mol. The van der Waals surface area contributed by atoms with E-state index in [0.29, 0.717) is 6.54 Å². The molecular weight excluding hydrogens is 300 g/mol. The molecule has 0 aromatic heterocycles. The Kier molecular flexibility index (Phi) is 5.75. The molecule has 0 unspecified atom stereocenters. The van der Waals surface area contributed by atoms with Crippen LogP contribution in [0.4, 0.5) is 10.5 Å². The molecule has 0 radical (unpaired) electrons. The quantitative estimate of drug-likeness (QED) is 0.891. The lowest BCUT2D eigenvalue weighted by Gasteiger charge is -2.31. The Labute approximate surface area is 146 Å². The van der Waals surface area contributed by atoms with Crippen LogP contribution in [0, 0.1) is 0 Å². The summed E-state index contributed by atoms with van der Waals surface area (Å²) in [7, 11) is 6.26. The van der Waals surface area contributed by atoms with Gasteiger partial charge in [0.15, 0.2) is 0 Å². The molecular formula is C19H32N4O. The van der Waals surface area contributed by atoms with Crippen molar-refractivity contribution in [2.45, 2.75) is 45.2 Å². The van der Waals surface area contributed by atoms with Gasteiger partial charge in [0.1, 0.15) is 0 Å². The van der Waals surface area contributed by atoms with Gasteiger partial charge in [0.05, 0.1) is 6.04 Å². The average Bonchev–Trinajstić information content (AvgIpc) is 2.45. The zero-order chi connectivity index (χ0) is 17.9. The molecule has 2 rings (SSSR count). The Balaban J connectivity index is 2.09. The van der Waals surface area contributed by atoms with Gasteiger partial charge in [-0.1, -0.05) is 12.1 Å². The van der Waals surface area contributed by atoms with E-state index in [4.69, 9.17) is 0 Å². The number of rotatable bonds is 4. The van der Waals surface area contributed by atoms with Crippen molar-refractivity contribution < 1.29 is 4.79 Å². The van der Waals surface area contributed by atoms with Gasteiger partial charge in [0, 0.05) is 31.4 Å². The van der Waals surface area contributed by atoms with E-state index in [9.17, 15) is 4.79 Å². The summed E-state index contributed by atoms with van der Waals surface area (Å²) in [5.41, 5.74) is 3.77. The zero-order valence-corrected chi connectivity index (χ0v) is 15.9. The zero-order valence-electron chi connectivity index (χ0n) is 15.9. The molecule has 5 heteroatoms. The fourth-order valence-electron chi connectivity index (χ4n) is 3.19. The van der Waals surface area contributed by atoms with Crippen molar-refractivity contribution in [3.05, 3.63) is 29.3 Å². The standard InChI is InChI=1S/C19H32N4O/c1-19(2,3)21-18(24)20-13-17(22(4)5)15-9-10-16-14(12-15)8-7-11-23(16)6/h9-10,12,17H,7-8,11,13H2,1-6H3,(H2,20,21,24)/t17-/m1/s1. The van der Waals surface area contributed by atoms with Gasteiger partial charge in [0.2, 0.25) is 0 Å². The summed E-state index contributed by atoms with van der Waals surface area (Å²) in [5.74, 6) is 0. The fourth-order valence-corrected chi connectivity index (χ4v) is 3.19. The lowest BCUT2D eigenvalue weighted by atomic mass is 9.96. The number of urea groups is 1. The van der Waals surface area contributed by atoms with Gasteiger partial charge in [0.25, 0.3) is 0 Å². The van der Waals surface area contributed by atoms with E-state index in [2.05, 4.69) is 59.8 Å². The van der Waals surface area contributed by atoms with E-state index in [0.717, 1.165) is 13.0 Å². The minimum Gasteiger partial charge on any atom is -0.374 e. The largest absolute Gasteiger partial charge is 0.374 e. The summed E-state index contributed by atoms with van der Waals surface area (Å²) < 4.78 is 0. The van der Waals surface area contributed by atoms with Crippen molar-refractivity contribution in [2.75, 3.05) is 39.1 Å². The number of amides is 2. The highest BCUT2D eigenvalue weighted by Crippen LogP contribution is 2.29. The predicted octanol–water partition coefficient (Wildman–Crippen LogP) is 2.77. The topological polar surface area (TPSA) is 47.6 Å². The smallest absolute Gasteiger partial charge is 0.315 e. The molecule has 1 aliphatic heterocycles. The van der Waals surface area contributed by atoms with Crippen LogP contribution in [0.5, 0.6) is 0 Å². The van der Waals surface area contributed by atoms with Crippen molar-refractivity contribution >= 4 is 11.7 Å². The van der Waals surface area contributed by atoms with Crippen LogP contribution in [0.25, 0.3) is 0 Å². The van der Waals surface area contributed by atoms with Gasteiger partial charge in [-0.2, -0.15) is 0 Å². The van der Waals surface area contributed by atoms with E-state index in [1.54, 1.807) is 0 Å². The van der Waals surface area contributed by atoms with E-state index < -0.39 is 0 Å². The van der Waals surface area contributed by atoms with Crippen LogP contribution in [0.2, 0.25) is 0 Å². The molecule has 0 aliphatic carbocycles. The first-order valence-electron chi connectivity index (χ1n) is 8.74. The van der Waals surface area contributed by atoms with Crippen LogP contribution in [0.1, 0.15) is 44.4 Å². The number of benzene rings is 1. The van der Waals surface area contributed by atoms with E-state index in [-0.39, 0.29) is 17.6 Å². The molecule has 1 aliphatic rings. The Bertz CT molecular complexity index is 577. The molecule has 1 heterocycles. The second-order valence-electron chi connectivity index (χ2n) is 7.98. The monoisotopic (exact) mass is 332 g/mol. The summed E-state index contributed by atoms with van der Waals surface area (Å²) in [6, 6.07) is 6.75. The van der Waals surface area contributed by atoms with Crippen molar-refractivity contribution in [1.29, 1.82) is 0 Å². The van der Waals surface area contributed by atoms with Gasteiger partial charge in [-0.3, -0.25) is 0 Å². The van der Waals surface area contributed by atoms with E-state index in [1.165, 1.54) is 23.2 Å². The van der Waals surface area contributed by atoms with Gasteiger partial charge >= 0.3 is 6.03 Å². The van der Waals surface area contributed by atoms with Crippen LogP contribution in [-0.2, 0) is 6.42 Å². The number of anilines is 1. The molecule has 5 nitrogen and oxygen atoms in total. The molecule has 0 saturated heterocycles. The summed E-state index contributed by atoms with van der Waals surface area (Å²) in [6.07, 6.45) is 2.33. The summed E-state index contributed by atoms with van der Waals surface area (Å²) >= 11 is 0. The molecule has 24 heavy (non-hydrogen) atoms. The molecule has 1 atom stereocenters. The molecule has 2 N–H and O–H groups in total. The number of carbonyl (C=O) groups excluding carboxylic acids is 1. The van der Waals surface area contributed by atoms with Crippen LogP contribution in [0.15, 0.2) is 18.2 Å². The Morgan fingerprint density at radius 3 is 2.67 bits per heavy atom. The molecule has 2 amide bonds. The van der Waals surface area contributed by atoms with Gasteiger partial charge in [-0.05, 0) is 64.9 Å². The number of carbonyl (C=O) groups is 1. The molecule has 0 spiro atoms. The first-order chi connectivity index (χ1) is 11.2. The number of hydrogen-bond acceptors (Lipinski definition) is 3. The summed E-state index contributed by atoms with van der Waals surface area (Å²) in [4.78, 5) is 16.5. The third-order valence-corrected chi connectivity index (χ3v) is 4.41. The Hall–Kier alpha value is -1.75. The van der Waals surface area contributed by atoms with Gasteiger partial charge in [-0.25, -0.2) is 4.79 Å². The summed E-state index contributed by atoms with van der Waals surface area (Å²) in [5, 5.41) is 5.95. The van der Waals surface area contributed by atoms with Crippen LogP contribution < -0.4 is 15.5 Å². The molecule has 0 fully saturated rings. The highest BCUT2D eigenvalue weighted by atomic mass is 16.2. The fraction of sp³-hybridized carbons (Fsp3) is 0.632. The number of likely N-dealkylation sites (N-methyl/N-ethyl adjacent to an activating group) is 1. The first-order valence-corrected chi connectivity index (χ1v) is 8.74. The second-order valence-corrected chi connectivity index (χ2v) is 7.98. The Morgan fingerprint density at radius 2 is 2.04 bits per heavy atom. The van der Waals surface area contributed by atoms with E-state index >= 15 is 0 Å². The van der Waals surface area contributed by atoms with Crippen molar-refractivity contribution in [3.8, 4) is 0 Å². The van der Waals surface area contributed by atoms with Crippen molar-refractivity contribution in [1.82, 2.24) is 15.5 Å². The number of hydrogen-bond donors (Lipinski definition) is 2. The molecule has 1 aromatic carbocycles. The number of fused-ring (bicyclic) bond motifs is 1. The SMILES string of the molecule is CN1CCCc2cc([C@@H](CNC(=O)NC(C)(C)C)N(C)C)ccc21. The van der Waals surface area contributed by atoms with Crippen LogP contribution >= 0.6 is 0 Å². The number of nitrogens with zero attached hydrogens (tertiary/aromatic N) is 2. The number of aryl methyl sites for hydroxylation is 1. The maximum absolute atomic E-state index is 12.0. The predicted molar refractivity (Wildman–Crippen MR) is 101 cm³/mol. The minimum atomic E-state index is -0.228. The second kappa shape index (κ2) is 7.43. The number of nitrogens with one attached hydrogen (secondary N) is 2. The maximum atomic E-state index is 12.0. The molecule has 0 bridgehead atoms. The third kappa shape index (κ3) is 4.87. The molecule has 134 valence electrons. The first kappa shape index (κ1) is 18.6. The lowest BCUT2D eigenvalue weighted by Crippen LogP contribution is -2.48. The normalized spacial score (nSPS) is 15.9. The van der Waals surface area contributed by atoms with Crippen LogP contribution in [-0.4, -0.2) is 50.7 Å². The summed E-state index contributed by atoms with van der Waals surface area (Å²) in [6.45, 7) is 7.66. The minimum absolute atomic E-state index is 0.118. The lowest BCUT2D eigenvalue weighted by molar-refractivity contribution is 0.224.